The van der Waals surface area contributed by atoms with Crippen LogP contribution in [0.5, 0.6) is 0 Å². The Hall–Kier alpha value is -0.510. The quantitative estimate of drug-likeness (QED) is 0.469. The van der Waals surface area contributed by atoms with Crippen molar-refractivity contribution < 1.29 is 9.53 Å². The van der Waals surface area contributed by atoms with Gasteiger partial charge in [-0.25, -0.2) is 9.78 Å². The summed E-state index contributed by atoms with van der Waals surface area (Å²) in [5, 5.41) is 0.381. The molecule has 6 heteroatoms. The molecule has 17 heavy (non-hydrogen) atoms. The smallest absolute Gasteiger partial charge is 0.341 e. The summed E-state index contributed by atoms with van der Waals surface area (Å²) in [5.74, 6) is -0.459. The largest absolute Gasteiger partial charge is 0.456 e. The molecule has 1 aromatic heterocycles. The number of carbonyl (C=O) groups excluding carboxylic acids is 1. The van der Waals surface area contributed by atoms with Crippen LogP contribution in [0.25, 0.3) is 0 Å². The maximum absolute atomic E-state index is 11.8. The maximum Gasteiger partial charge on any atom is 0.341 e. The second-order valence-electron chi connectivity index (χ2n) is 4.39. The van der Waals surface area contributed by atoms with Gasteiger partial charge in [0, 0.05) is 11.8 Å². The van der Waals surface area contributed by atoms with Gasteiger partial charge in [-0.3, -0.25) is 0 Å². The monoisotopic (exact) mass is 295 g/mol. The highest BCUT2D eigenvalue weighted by Gasteiger charge is 2.22. The lowest BCUT2D eigenvalue weighted by atomic mass is 10.1. The SMILES string of the molecule is CC(C)(C)OC(=O)c1cnc(Cl)c(CCl)c1Cl. The van der Waals surface area contributed by atoms with Gasteiger partial charge in [0.05, 0.1) is 16.5 Å². The lowest BCUT2D eigenvalue weighted by Gasteiger charge is -2.20. The van der Waals surface area contributed by atoms with Crippen LogP contribution in [0.3, 0.4) is 0 Å². The van der Waals surface area contributed by atoms with Gasteiger partial charge in [0.2, 0.25) is 0 Å². The van der Waals surface area contributed by atoms with Crippen LogP contribution in [0.4, 0.5) is 0 Å². The minimum Gasteiger partial charge on any atom is -0.456 e. The summed E-state index contributed by atoms with van der Waals surface area (Å²) in [6.07, 6.45) is 1.29. The first-order chi connectivity index (χ1) is 7.76. The van der Waals surface area contributed by atoms with Crippen LogP contribution in [0.2, 0.25) is 10.2 Å². The highest BCUT2D eigenvalue weighted by molar-refractivity contribution is 6.38. The first-order valence-electron chi connectivity index (χ1n) is 4.88. The van der Waals surface area contributed by atoms with Gasteiger partial charge in [-0.1, -0.05) is 23.2 Å². The fourth-order valence-corrected chi connectivity index (χ4v) is 2.04. The van der Waals surface area contributed by atoms with E-state index in [2.05, 4.69) is 4.98 Å². The molecular formula is C11H12Cl3NO2. The Morgan fingerprint density at radius 2 is 2.00 bits per heavy atom. The molecule has 0 N–H and O–H groups in total. The van der Waals surface area contributed by atoms with Crippen molar-refractivity contribution in [2.45, 2.75) is 32.3 Å². The number of aromatic nitrogens is 1. The first-order valence-corrected chi connectivity index (χ1v) is 6.17. The number of ether oxygens (including phenoxy) is 1. The Bertz CT molecular complexity index is 441. The lowest BCUT2D eigenvalue weighted by Crippen LogP contribution is -2.24. The van der Waals surface area contributed by atoms with Crippen molar-refractivity contribution in [3.8, 4) is 0 Å². The fourth-order valence-electron chi connectivity index (χ4n) is 1.10. The van der Waals surface area contributed by atoms with Gasteiger partial charge >= 0.3 is 5.97 Å². The van der Waals surface area contributed by atoms with E-state index in [1.807, 2.05) is 0 Å². The van der Waals surface area contributed by atoms with Crippen molar-refractivity contribution in [1.82, 2.24) is 4.98 Å². The summed E-state index contributed by atoms with van der Waals surface area (Å²) in [4.78, 5) is 15.7. The van der Waals surface area contributed by atoms with E-state index in [4.69, 9.17) is 39.5 Å². The highest BCUT2D eigenvalue weighted by Crippen LogP contribution is 2.28. The molecule has 0 atom stereocenters. The summed E-state index contributed by atoms with van der Waals surface area (Å²) in [6, 6.07) is 0. The number of esters is 1. The van der Waals surface area contributed by atoms with Gasteiger partial charge in [0.15, 0.2) is 0 Å². The van der Waals surface area contributed by atoms with E-state index in [1.54, 1.807) is 20.8 Å². The molecule has 1 heterocycles. The Morgan fingerprint density at radius 1 is 1.41 bits per heavy atom. The van der Waals surface area contributed by atoms with Crippen LogP contribution in [-0.4, -0.2) is 16.6 Å². The summed E-state index contributed by atoms with van der Waals surface area (Å²) in [5.41, 5.74) is 0.00117. The molecule has 0 aliphatic heterocycles. The molecule has 0 amide bonds. The van der Waals surface area contributed by atoms with Crippen molar-refractivity contribution in [3.63, 3.8) is 0 Å². The number of pyridine rings is 1. The Morgan fingerprint density at radius 3 is 2.47 bits per heavy atom. The third-order valence-corrected chi connectivity index (χ3v) is 2.83. The van der Waals surface area contributed by atoms with Crippen molar-refractivity contribution in [1.29, 1.82) is 0 Å². The van der Waals surface area contributed by atoms with Crippen LogP contribution >= 0.6 is 34.8 Å². The van der Waals surface area contributed by atoms with Gasteiger partial charge < -0.3 is 4.74 Å². The Balaban J connectivity index is 3.12. The molecule has 0 aliphatic rings. The topological polar surface area (TPSA) is 39.2 Å². The van der Waals surface area contributed by atoms with E-state index in [0.29, 0.717) is 5.56 Å². The van der Waals surface area contributed by atoms with Crippen molar-refractivity contribution in [3.05, 3.63) is 27.5 Å². The molecular weight excluding hydrogens is 284 g/mol. The molecule has 0 saturated heterocycles. The van der Waals surface area contributed by atoms with Gasteiger partial charge in [0.25, 0.3) is 0 Å². The normalized spacial score (nSPS) is 11.4. The predicted octanol–water partition coefficient (Wildman–Crippen LogP) is 4.08. The highest BCUT2D eigenvalue weighted by atomic mass is 35.5. The van der Waals surface area contributed by atoms with Gasteiger partial charge in [-0.05, 0) is 20.8 Å². The summed E-state index contributed by atoms with van der Waals surface area (Å²) < 4.78 is 5.19. The number of nitrogens with zero attached hydrogens (tertiary/aromatic N) is 1. The molecule has 0 spiro atoms. The molecule has 3 nitrogen and oxygen atoms in total. The molecule has 0 unspecified atom stereocenters. The molecule has 0 bridgehead atoms. The standard InChI is InChI=1S/C11H12Cl3NO2/c1-11(2,3)17-10(16)7-5-15-9(14)6(4-12)8(7)13/h5H,4H2,1-3H3. The zero-order chi connectivity index (χ0) is 13.2. The minimum absolute atomic E-state index is 0.0846. The van der Waals surface area contributed by atoms with E-state index < -0.39 is 11.6 Å². The molecule has 1 aromatic rings. The van der Waals surface area contributed by atoms with E-state index in [0.717, 1.165) is 0 Å². The molecule has 0 radical (unpaired) electrons. The Kier molecular flexibility index (Phi) is 4.64. The number of alkyl halides is 1. The average Bonchev–Trinajstić information content (AvgIpc) is 2.15. The second kappa shape index (κ2) is 5.42. The minimum atomic E-state index is -0.596. The molecule has 0 aromatic carbocycles. The Labute approximate surface area is 115 Å². The van der Waals surface area contributed by atoms with Crippen LogP contribution in [0, 0.1) is 0 Å². The zero-order valence-electron chi connectivity index (χ0n) is 9.68. The molecule has 0 aliphatic carbocycles. The molecule has 0 saturated carbocycles. The summed E-state index contributed by atoms with van der Waals surface area (Å²) >= 11 is 17.5. The van der Waals surface area contributed by atoms with E-state index in [1.165, 1.54) is 6.20 Å². The maximum atomic E-state index is 11.8. The van der Waals surface area contributed by atoms with Gasteiger partial charge in [-0.15, -0.1) is 11.6 Å². The third-order valence-electron chi connectivity index (χ3n) is 1.81. The fraction of sp³-hybridized carbons (Fsp3) is 0.455. The van der Waals surface area contributed by atoms with Crippen LogP contribution in [0.1, 0.15) is 36.7 Å². The van der Waals surface area contributed by atoms with Gasteiger partial charge in [-0.2, -0.15) is 0 Å². The molecule has 1 rings (SSSR count). The molecule has 94 valence electrons. The summed E-state index contributed by atoms with van der Waals surface area (Å²) in [6.45, 7) is 5.31. The number of carbonyl (C=O) groups is 1. The van der Waals surface area contributed by atoms with E-state index in [-0.39, 0.29) is 21.6 Å². The summed E-state index contributed by atoms with van der Waals surface area (Å²) in [7, 11) is 0. The second-order valence-corrected chi connectivity index (χ2v) is 5.39. The zero-order valence-corrected chi connectivity index (χ0v) is 11.9. The van der Waals surface area contributed by atoms with E-state index >= 15 is 0 Å². The van der Waals surface area contributed by atoms with Crippen molar-refractivity contribution in [2.24, 2.45) is 0 Å². The lowest BCUT2D eigenvalue weighted by molar-refractivity contribution is 0.00692. The van der Waals surface area contributed by atoms with Crippen LogP contribution in [0.15, 0.2) is 6.20 Å². The van der Waals surface area contributed by atoms with Crippen LogP contribution in [-0.2, 0) is 10.6 Å². The average molecular weight is 297 g/mol. The third kappa shape index (κ3) is 3.73. The van der Waals surface area contributed by atoms with Crippen molar-refractivity contribution >= 4 is 40.8 Å². The number of hydrogen-bond donors (Lipinski definition) is 0. The predicted molar refractivity (Wildman–Crippen MR) is 69.0 cm³/mol. The number of halogens is 3. The first kappa shape index (κ1) is 14.6. The number of rotatable bonds is 2. The molecule has 0 fully saturated rings. The van der Waals surface area contributed by atoms with Crippen LogP contribution < -0.4 is 0 Å². The number of hydrogen-bond acceptors (Lipinski definition) is 3. The van der Waals surface area contributed by atoms with Gasteiger partial charge in [0.1, 0.15) is 10.8 Å². The van der Waals surface area contributed by atoms with Crippen molar-refractivity contribution in [2.75, 3.05) is 0 Å². The van der Waals surface area contributed by atoms with E-state index in [9.17, 15) is 4.79 Å².